The van der Waals surface area contributed by atoms with Crippen LogP contribution in [0.2, 0.25) is 0 Å². The summed E-state index contributed by atoms with van der Waals surface area (Å²) in [4.78, 5) is 38.5. The minimum absolute atomic E-state index is 0.0832. The van der Waals surface area contributed by atoms with Crippen LogP contribution < -0.4 is 16.0 Å². The number of nitrogens with zero attached hydrogens (tertiary/aromatic N) is 1. The Labute approximate surface area is 183 Å². The van der Waals surface area contributed by atoms with E-state index in [9.17, 15) is 14.4 Å². The third kappa shape index (κ3) is 6.65. The molecule has 2 aromatic carbocycles. The van der Waals surface area contributed by atoms with Crippen molar-refractivity contribution in [3.8, 4) is 0 Å². The molecule has 4 amide bonds. The first-order valence-corrected chi connectivity index (χ1v) is 10.7. The number of imide groups is 1. The van der Waals surface area contributed by atoms with E-state index in [-0.39, 0.29) is 30.4 Å². The second kappa shape index (κ2) is 10.7. The highest BCUT2D eigenvalue weighted by molar-refractivity contribution is 6.04. The molecule has 1 unspecified atom stereocenters. The molecule has 0 aliphatic heterocycles. The Balaban J connectivity index is 1.53. The molecule has 0 spiro atoms. The maximum Gasteiger partial charge on any atom is 0.321 e. The summed E-state index contributed by atoms with van der Waals surface area (Å²) < 4.78 is 0. The molecule has 31 heavy (non-hydrogen) atoms. The lowest BCUT2D eigenvalue weighted by atomic mass is 10.1. The van der Waals surface area contributed by atoms with E-state index < -0.39 is 6.03 Å². The Hall–Kier alpha value is -3.19. The number of carbonyl (C=O) groups excluding carboxylic acids is 3. The predicted molar refractivity (Wildman–Crippen MR) is 121 cm³/mol. The van der Waals surface area contributed by atoms with Gasteiger partial charge in [-0.15, -0.1) is 0 Å². The fraction of sp³-hybridized carbons (Fsp3) is 0.375. The van der Waals surface area contributed by atoms with E-state index in [1.807, 2.05) is 61.3 Å². The second-order valence-corrected chi connectivity index (χ2v) is 8.04. The molecule has 3 rings (SSSR count). The Morgan fingerprint density at radius 3 is 2.45 bits per heavy atom. The lowest BCUT2D eigenvalue weighted by Gasteiger charge is -2.25. The molecular weight excluding hydrogens is 392 g/mol. The van der Waals surface area contributed by atoms with Crippen molar-refractivity contribution in [2.24, 2.45) is 0 Å². The maximum absolute atomic E-state index is 12.4. The molecule has 3 N–H and O–H groups in total. The van der Waals surface area contributed by atoms with Gasteiger partial charge in [0, 0.05) is 23.3 Å². The molecule has 2 aromatic rings. The molecule has 164 valence electrons. The largest absolute Gasteiger partial charge is 0.335 e. The van der Waals surface area contributed by atoms with E-state index >= 15 is 0 Å². The van der Waals surface area contributed by atoms with Gasteiger partial charge in [0.15, 0.2) is 0 Å². The minimum Gasteiger partial charge on any atom is -0.335 e. The number of hydrogen-bond acceptors (Lipinski definition) is 4. The van der Waals surface area contributed by atoms with Crippen LogP contribution in [0.15, 0.2) is 54.6 Å². The zero-order chi connectivity index (χ0) is 22.2. The smallest absolute Gasteiger partial charge is 0.321 e. The molecule has 1 saturated carbocycles. The van der Waals surface area contributed by atoms with Gasteiger partial charge in [0.25, 0.3) is 5.91 Å². The predicted octanol–water partition coefficient (Wildman–Crippen LogP) is 3.70. The van der Waals surface area contributed by atoms with Crippen molar-refractivity contribution in [2.75, 3.05) is 18.9 Å². The molecular formula is C24H30N4O3. The van der Waals surface area contributed by atoms with Crippen LogP contribution in [-0.4, -0.2) is 42.4 Å². The number of carbonyl (C=O) groups is 3. The second-order valence-electron chi connectivity index (χ2n) is 8.04. The Morgan fingerprint density at radius 1 is 1.03 bits per heavy atom. The highest BCUT2D eigenvalue weighted by atomic mass is 16.2. The van der Waals surface area contributed by atoms with Crippen molar-refractivity contribution in [3.05, 3.63) is 65.7 Å². The van der Waals surface area contributed by atoms with Crippen LogP contribution in [0, 0.1) is 0 Å². The van der Waals surface area contributed by atoms with Crippen LogP contribution in [0.4, 0.5) is 10.5 Å². The number of amides is 4. The van der Waals surface area contributed by atoms with Gasteiger partial charge < -0.3 is 10.6 Å². The zero-order valence-electron chi connectivity index (χ0n) is 18.1. The summed E-state index contributed by atoms with van der Waals surface area (Å²) in [6.45, 7) is 2.06. The van der Waals surface area contributed by atoms with E-state index in [0.717, 1.165) is 31.2 Å². The van der Waals surface area contributed by atoms with Crippen molar-refractivity contribution < 1.29 is 14.4 Å². The van der Waals surface area contributed by atoms with Crippen molar-refractivity contribution in [2.45, 2.75) is 44.7 Å². The van der Waals surface area contributed by atoms with Crippen LogP contribution in [0.3, 0.4) is 0 Å². The molecule has 7 nitrogen and oxygen atoms in total. The number of nitrogens with one attached hydrogen (secondary N) is 3. The van der Waals surface area contributed by atoms with Gasteiger partial charge in [0.05, 0.1) is 6.54 Å². The fourth-order valence-corrected chi connectivity index (χ4v) is 3.74. The first-order valence-electron chi connectivity index (χ1n) is 10.7. The van der Waals surface area contributed by atoms with Crippen molar-refractivity contribution in [1.29, 1.82) is 0 Å². The van der Waals surface area contributed by atoms with Gasteiger partial charge in [-0.25, -0.2) is 4.79 Å². The number of benzene rings is 2. The molecule has 1 aliphatic rings. The summed E-state index contributed by atoms with van der Waals surface area (Å²) in [6.07, 6.45) is 4.17. The Kier molecular flexibility index (Phi) is 7.78. The maximum atomic E-state index is 12.4. The number of likely N-dealkylation sites (N-methyl/N-ethyl adjacent to an activating group) is 1. The lowest BCUT2D eigenvalue weighted by Crippen LogP contribution is -2.46. The molecule has 1 aliphatic carbocycles. The SMILES string of the molecule is CC(c1cccc(NC(=O)c2ccccc2)c1)N(C)CC(=O)NC(=O)NC1CCCC1. The lowest BCUT2D eigenvalue weighted by molar-refractivity contribution is -0.121. The molecule has 0 saturated heterocycles. The van der Waals surface area contributed by atoms with Gasteiger partial charge in [-0.2, -0.15) is 0 Å². The first-order chi connectivity index (χ1) is 14.9. The van der Waals surface area contributed by atoms with Crippen LogP contribution >= 0.6 is 0 Å². The van der Waals surface area contributed by atoms with Crippen molar-refractivity contribution in [1.82, 2.24) is 15.5 Å². The number of anilines is 1. The van der Waals surface area contributed by atoms with Crippen LogP contribution in [0.1, 0.15) is 54.6 Å². The molecule has 7 heteroatoms. The monoisotopic (exact) mass is 422 g/mol. The van der Waals surface area contributed by atoms with Crippen LogP contribution in [-0.2, 0) is 4.79 Å². The van der Waals surface area contributed by atoms with Crippen molar-refractivity contribution in [3.63, 3.8) is 0 Å². The quantitative estimate of drug-likeness (QED) is 0.635. The van der Waals surface area contributed by atoms with Crippen LogP contribution in [0.5, 0.6) is 0 Å². The van der Waals surface area contributed by atoms with Gasteiger partial charge in [0.1, 0.15) is 0 Å². The third-order valence-corrected chi connectivity index (χ3v) is 5.66. The summed E-state index contributed by atoms with van der Waals surface area (Å²) in [7, 11) is 1.83. The highest BCUT2D eigenvalue weighted by Crippen LogP contribution is 2.22. The molecule has 0 bridgehead atoms. The molecule has 0 radical (unpaired) electrons. The summed E-state index contributed by atoms with van der Waals surface area (Å²) >= 11 is 0. The highest BCUT2D eigenvalue weighted by Gasteiger charge is 2.20. The van der Waals surface area contributed by atoms with Crippen LogP contribution in [0.25, 0.3) is 0 Å². The standard InChI is InChI=1S/C24H30N4O3/c1-17(28(2)16-22(29)27-24(31)26-20-12-6-7-13-20)19-11-8-14-21(15-19)25-23(30)18-9-4-3-5-10-18/h3-5,8-11,14-15,17,20H,6-7,12-13,16H2,1-2H3,(H,25,30)(H2,26,27,29,31). The number of rotatable bonds is 7. The third-order valence-electron chi connectivity index (χ3n) is 5.66. The molecule has 0 heterocycles. The molecule has 1 atom stereocenters. The van der Waals surface area contributed by atoms with Gasteiger partial charge in [-0.05, 0) is 56.6 Å². The summed E-state index contributed by atoms with van der Waals surface area (Å²) in [5.74, 6) is -0.523. The van der Waals surface area contributed by atoms with Gasteiger partial charge in [-0.3, -0.25) is 19.8 Å². The summed E-state index contributed by atoms with van der Waals surface area (Å²) in [5.41, 5.74) is 2.23. The van der Waals surface area contributed by atoms with Crippen molar-refractivity contribution >= 4 is 23.5 Å². The fourth-order valence-electron chi connectivity index (χ4n) is 3.74. The van der Waals surface area contributed by atoms with E-state index in [1.165, 1.54) is 0 Å². The Morgan fingerprint density at radius 2 is 1.74 bits per heavy atom. The average Bonchev–Trinajstić information content (AvgIpc) is 3.26. The van der Waals surface area contributed by atoms with E-state index in [1.54, 1.807) is 12.1 Å². The van der Waals surface area contributed by atoms with Gasteiger partial charge in [0.2, 0.25) is 5.91 Å². The normalized spacial score (nSPS) is 14.8. The first kappa shape index (κ1) is 22.5. The topological polar surface area (TPSA) is 90.5 Å². The van der Waals surface area contributed by atoms with Gasteiger partial charge in [-0.1, -0.05) is 43.2 Å². The van der Waals surface area contributed by atoms with E-state index in [4.69, 9.17) is 0 Å². The molecule has 0 aromatic heterocycles. The van der Waals surface area contributed by atoms with Gasteiger partial charge >= 0.3 is 6.03 Å². The Bertz CT molecular complexity index is 910. The number of urea groups is 1. The minimum atomic E-state index is -0.427. The number of hydrogen-bond donors (Lipinski definition) is 3. The average molecular weight is 423 g/mol. The zero-order valence-corrected chi connectivity index (χ0v) is 18.1. The van der Waals surface area contributed by atoms with E-state index in [2.05, 4.69) is 16.0 Å². The summed E-state index contributed by atoms with van der Waals surface area (Å²) in [6, 6.07) is 16.2. The summed E-state index contributed by atoms with van der Waals surface area (Å²) in [5, 5.41) is 8.17. The van der Waals surface area contributed by atoms with E-state index in [0.29, 0.717) is 11.3 Å². The molecule has 1 fully saturated rings.